The molecule has 1 fully saturated rings. The van der Waals surface area contributed by atoms with Crippen LogP contribution in [0.1, 0.15) is 30.4 Å². The highest BCUT2D eigenvalue weighted by molar-refractivity contribution is 5.80. The standard InChI is InChI=1S/C18H29N5O/c1-14-13-21-8-4-16(14)5-9-22-18(20-3)23-10-6-15(7-11-23)12-17(24)19-2/h4,8,13,15H,5-7,9-12H2,1-3H3,(H,19,24)(H,20,22). The number of aromatic nitrogens is 1. The maximum absolute atomic E-state index is 11.5. The summed E-state index contributed by atoms with van der Waals surface area (Å²) in [6.07, 6.45) is 7.42. The van der Waals surface area contributed by atoms with E-state index in [4.69, 9.17) is 0 Å². The third kappa shape index (κ3) is 5.22. The van der Waals surface area contributed by atoms with Gasteiger partial charge in [-0.25, -0.2) is 0 Å². The first-order valence-corrected chi connectivity index (χ1v) is 8.69. The lowest BCUT2D eigenvalue weighted by Gasteiger charge is -2.34. The average molecular weight is 331 g/mol. The van der Waals surface area contributed by atoms with E-state index >= 15 is 0 Å². The number of guanidine groups is 1. The van der Waals surface area contributed by atoms with E-state index in [1.807, 2.05) is 19.4 Å². The fourth-order valence-corrected chi connectivity index (χ4v) is 3.14. The summed E-state index contributed by atoms with van der Waals surface area (Å²) in [7, 11) is 3.53. The van der Waals surface area contributed by atoms with Crippen LogP contribution in [0.4, 0.5) is 0 Å². The molecule has 1 amide bonds. The van der Waals surface area contributed by atoms with Crippen molar-refractivity contribution in [3.05, 3.63) is 29.6 Å². The van der Waals surface area contributed by atoms with Crippen molar-refractivity contribution < 1.29 is 4.79 Å². The number of likely N-dealkylation sites (tertiary alicyclic amines) is 1. The van der Waals surface area contributed by atoms with Gasteiger partial charge in [-0.15, -0.1) is 0 Å². The van der Waals surface area contributed by atoms with E-state index in [-0.39, 0.29) is 5.91 Å². The molecule has 0 atom stereocenters. The van der Waals surface area contributed by atoms with Crippen LogP contribution in [0.25, 0.3) is 0 Å². The summed E-state index contributed by atoms with van der Waals surface area (Å²) in [5.41, 5.74) is 2.54. The van der Waals surface area contributed by atoms with Crippen LogP contribution < -0.4 is 10.6 Å². The lowest BCUT2D eigenvalue weighted by molar-refractivity contribution is -0.121. The molecule has 0 unspecified atom stereocenters. The van der Waals surface area contributed by atoms with Gasteiger partial charge < -0.3 is 15.5 Å². The van der Waals surface area contributed by atoms with Crippen molar-refractivity contribution >= 4 is 11.9 Å². The minimum absolute atomic E-state index is 0.142. The number of aryl methyl sites for hydroxylation is 1. The zero-order valence-electron chi connectivity index (χ0n) is 15.0. The first-order valence-electron chi connectivity index (χ1n) is 8.69. The molecule has 1 aliphatic rings. The lowest BCUT2D eigenvalue weighted by atomic mass is 9.93. The number of carbonyl (C=O) groups excluding carboxylic acids is 1. The smallest absolute Gasteiger partial charge is 0.220 e. The highest BCUT2D eigenvalue weighted by atomic mass is 16.1. The van der Waals surface area contributed by atoms with Crippen molar-refractivity contribution in [2.45, 2.75) is 32.6 Å². The molecule has 0 spiro atoms. The van der Waals surface area contributed by atoms with Crippen LogP contribution in [0.15, 0.2) is 23.5 Å². The summed E-state index contributed by atoms with van der Waals surface area (Å²) >= 11 is 0. The Labute approximate surface area is 144 Å². The number of rotatable bonds is 5. The fourth-order valence-electron chi connectivity index (χ4n) is 3.14. The molecule has 1 aromatic rings. The quantitative estimate of drug-likeness (QED) is 0.631. The van der Waals surface area contributed by atoms with E-state index in [2.05, 4.69) is 38.5 Å². The molecule has 1 saturated heterocycles. The van der Waals surface area contributed by atoms with E-state index in [1.165, 1.54) is 11.1 Å². The molecule has 0 radical (unpaired) electrons. The first kappa shape index (κ1) is 18.2. The third-order valence-electron chi connectivity index (χ3n) is 4.69. The van der Waals surface area contributed by atoms with Gasteiger partial charge in [0.05, 0.1) is 0 Å². The molecule has 0 bridgehead atoms. The maximum atomic E-state index is 11.5. The van der Waals surface area contributed by atoms with Crippen molar-refractivity contribution in [2.75, 3.05) is 33.7 Å². The Hall–Kier alpha value is -2.11. The van der Waals surface area contributed by atoms with Gasteiger partial charge in [-0.1, -0.05) is 0 Å². The predicted molar refractivity (Wildman–Crippen MR) is 97.0 cm³/mol. The predicted octanol–water partition coefficient (Wildman–Crippen LogP) is 1.36. The van der Waals surface area contributed by atoms with E-state index in [9.17, 15) is 4.79 Å². The summed E-state index contributed by atoms with van der Waals surface area (Å²) in [5, 5.41) is 6.17. The molecule has 2 N–H and O–H groups in total. The van der Waals surface area contributed by atoms with Crippen molar-refractivity contribution in [2.24, 2.45) is 10.9 Å². The third-order valence-corrected chi connectivity index (χ3v) is 4.69. The summed E-state index contributed by atoms with van der Waals surface area (Å²) in [6, 6.07) is 2.07. The molecule has 1 aromatic heterocycles. The van der Waals surface area contributed by atoms with Crippen LogP contribution in [0, 0.1) is 12.8 Å². The Bertz CT molecular complexity index is 564. The molecule has 0 saturated carbocycles. The van der Waals surface area contributed by atoms with Crippen LogP contribution in [-0.4, -0.2) is 55.5 Å². The van der Waals surface area contributed by atoms with Gasteiger partial charge in [-0.05, 0) is 49.3 Å². The number of nitrogens with zero attached hydrogens (tertiary/aromatic N) is 3. The Kier molecular flexibility index (Phi) is 7.03. The molecule has 6 heteroatoms. The Morgan fingerprint density at radius 3 is 2.79 bits per heavy atom. The second kappa shape index (κ2) is 9.25. The van der Waals surface area contributed by atoms with Gasteiger partial charge in [0.25, 0.3) is 0 Å². The highest BCUT2D eigenvalue weighted by Crippen LogP contribution is 2.20. The highest BCUT2D eigenvalue weighted by Gasteiger charge is 2.22. The summed E-state index contributed by atoms with van der Waals surface area (Å²) in [4.78, 5) is 22.3. The molecule has 1 aliphatic heterocycles. The summed E-state index contributed by atoms with van der Waals surface area (Å²) < 4.78 is 0. The van der Waals surface area contributed by atoms with Crippen molar-refractivity contribution in [1.29, 1.82) is 0 Å². The Balaban J connectivity index is 1.77. The van der Waals surface area contributed by atoms with Crippen LogP contribution in [0.5, 0.6) is 0 Å². The summed E-state index contributed by atoms with van der Waals surface area (Å²) in [5.74, 6) is 1.59. The molecular formula is C18H29N5O. The van der Waals surface area contributed by atoms with Gasteiger partial charge in [-0.3, -0.25) is 14.8 Å². The van der Waals surface area contributed by atoms with E-state index in [0.717, 1.165) is 44.9 Å². The zero-order valence-corrected chi connectivity index (χ0v) is 15.0. The minimum atomic E-state index is 0.142. The van der Waals surface area contributed by atoms with Crippen LogP contribution >= 0.6 is 0 Å². The van der Waals surface area contributed by atoms with Crippen LogP contribution in [0.3, 0.4) is 0 Å². The second-order valence-electron chi connectivity index (χ2n) is 6.33. The number of amides is 1. The number of hydrogen-bond donors (Lipinski definition) is 2. The number of aliphatic imine (C=N–C) groups is 1. The number of pyridine rings is 1. The number of hydrogen-bond acceptors (Lipinski definition) is 3. The molecule has 24 heavy (non-hydrogen) atoms. The average Bonchev–Trinajstić information content (AvgIpc) is 2.61. The van der Waals surface area contributed by atoms with Crippen LogP contribution in [-0.2, 0) is 11.2 Å². The van der Waals surface area contributed by atoms with Gasteiger partial charge in [-0.2, -0.15) is 0 Å². The number of piperidine rings is 1. The summed E-state index contributed by atoms with van der Waals surface area (Å²) in [6.45, 7) is 4.86. The van der Waals surface area contributed by atoms with Gasteiger partial charge in [0.15, 0.2) is 5.96 Å². The van der Waals surface area contributed by atoms with E-state index in [1.54, 1.807) is 7.05 Å². The number of nitrogens with one attached hydrogen (secondary N) is 2. The second-order valence-corrected chi connectivity index (χ2v) is 6.33. The lowest BCUT2D eigenvalue weighted by Crippen LogP contribution is -2.46. The normalized spacial score (nSPS) is 16.1. The molecule has 132 valence electrons. The topological polar surface area (TPSA) is 69.6 Å². The first-order chi connectivity index (χ1) is 11.6. The largest absolute Gasteiger partial charge is 0.359 e. The molecule has 6 nitrogen and oxygen atoms in total. The SMILES string of the molecule is CN=C(NCCc1ccncc1C)N1CCC(CC(=O)NC)CC1. The van der Waals surface area contributed by atoms with E-state index in [0.29, 0.717) is 12.3 Å². The Morgan fingerprint density at radius 2 is 2.17 bits per heavy atom. The molecule has 2 rings (SSSR count). The van der Waals surface area contributed by atoms with Gasteiger partial charge in [0, 0.05) is 52.5 Å². The Morgan fingerprint density at radius 1 is 1.42 bits per heavy atom. The monoisotopic (exact) mass is 331 g/mol. The maximum Gasteiger partial charge on any atom is 0.220 e. The van der Waals surface area contributed by atoms with Gasteiger partial charge in [0.1, 0.15) is 0 Å². The van der Waals surface area contributed by atoms with Crippen molar-refractivity contribution in [1.82, 2.24) is 20.5 Å². The van der Waals surface area contributed by atoms with Gasteiger partial charge >= 0.3 is 0 Å². The zero-order chi connectivity index (χ0) is 17.4. The van der Waals surface area contributed by atoms with Crippen molar-refractivity contribution in [3.8, 4) is 0 Å². The molecule has 2 heterocycles. The molecular weight excluding hydrogens is 302 g/mol. The van der Waals surface area contributed by atoms with Crippen molar-refractivity contribution in [3.63, 3.8) is 0 Å². The molecule has 0 aromatic carbocycles. The molecule has 0 aliphatic carbocycles. The fraction of sp³-hybridized carbons (Fsp3) is 0.611. The number of carbonyl (C=O) groups is 1. The minimum Gasteiger partial charge on any atom is -0.359 e. The van der Waals surface area contributed by atoms with E-state index < -0.39 is 0 Å². The van der Waals surface area contributed by atoms with Gasteiger partial charge in [0.2, 0.25) is 5.91 Å². The van der Waals surface area contributed by atoms with Crippen LogP contribution in [0.2, 0.25) is 0 Å².